The minimum atomic E-state index is -0.770. The maximum absolute atomic E-state index is 13.8. The van der Waals surface area contributed by atoms with Crippen LogP contribution in [0.4, 0.5) is 5.13 Å². The summed E-state index contributed by atoms with van der Waals surface area (Å²) in [5.74, 6) is -0.669. The number of thiazole rings is 1. The fourth-order valence-corrected chi connectivity index (χ4v) is 7.00. The number of piperazine rings is 1. The van der Waals surface area contributed by atoms with E-state index >= 15 is 0 Å². The molecule has 0 bridgehead atoms. The van der Waals surface area contributed by atoms with E-state index in [1.54, 1.807) is 42.5 Å². The zero-order chi connectivity index (χ0) is 30.7. The number of methoxy groups -OCH3 is 1. The number of likely N-dealkylation sites (N-methyl/N-ethyl adjacent to an activating group) is 1. The van der Waals surface area contributed by atoms with Crippen LogP contribution < -0.4 is 15.5 Å². The van der Waals surface area contributed by atoms with Gasteiger partial charge in [-0.1, -0.05) is 32.9 Å². The summed E-state index contributed by atoms with van der Waals surface area (Å²) in [5.41, 5.74) is 2.04. The van der Waals surface area contributed by atoms with E-state index in [1.807, 2.05) is 32.9 Å². The van der Waals surface area contributed by atoms with Crippen LogP contribution in [0.3, 0.4) is 0 Å². The number of hydrogen-bond donors (Lipinski definition) is 2. The third-order valence-corrected chi connectivity index (χ3v) is 9.35. The van der Waals surface area contributed by atoms with Crippen molar-refractivity contribution in [1.82, 2.24) is 25.4 Å². The van der Waals surface area contributed by atoms with Gasteiger partial charge in [0.15, 0.2) is 10.9 Å². The van der Waals surface area contributed by atoms with Gasteiger partial charge in [-0.3, -0.25) is 19.3 Å². The van der Waals surface area contributed by atoms with E-state index in [9.17, 15) is 14.4 Å². The van der Waals surface area contributed by atoms with E-state index in [2.05, 4.69) is 25.8 Å². The molecule has 3 aliphatic heterocycles. The van der Waals surface area contributed by atoms with Crippen molar-refractivity contribution in [3.63, 3.8) is 0 Å². The van der Waals surface area contributed by atoms with Gasteiger partial charge in [0, 0.05) is 62.9 Å². The van der Waals surface area contributed by atoms with Gasteiger partial charge >= 0.3 is 0 Å². The molecule has 43 heavy (non-hydrogen) atoms. The molecular formula is C31H44N6O5S. The maximum atomic E-state index is 13.8. The molecule has 234 valence electrons. The quantitative estimate of drug-likeness (QED) is 0.415. The van der Waals surface area contributed by atoms with E-state index in [0.717, 1.165) is 55.7 Å². The largest absolute Gasteiger partial charge is 0.383 e. The molecule has 0 aliphatic carbocycles. The number of hydrogen-bond acceptors (Lipinski definition) is 10. The van der Waals surface area contributed by atoms with Gasteiger partial charge in [0.25, 0.3) is 5.91 Å². The van der Waals surface area contributed by atoms with Crippen molar-refractivity contribution in [2.45, 2.75) is 51.4 Å². The summed E-state index contributed by atoms with van der Waals surface area (Å²) in [5, 5.41) is 9.21. The third-order valence-electron chi connectivity index (χ3n) is 8.45. The van der Waals surface area contributed by atoms with Crippen molar-refractivity contribution in [3.05, 3.63) is 35.2 Å². The predicted molar refractivity (Wildman–Crippen MR) is 167 cm³/mol. The smallest absolute Gasteiger partial charge is 0.251 e. The van der Waals surface area contributed by atoms with Crippen LogP contribution in [0.5, 0.6) is 0 Å². The summed E-state index contributed by atoms with van der Waals surface area (Å²) in [4.78, 5) is 51.1. The predicted octanol–water partition coefficient (Wildman–Crippen LogP) is 1.88. The van der Waals surface area contributed by atoms with Gasteiger partial charge < -0.3 is 29.9 Å². The normalized spacial score (nSPS) is 23.5. The summed E-state index contributed by atoms with van der Waals surface area (Å²) < 4.78 is 10.9. The molecule has 3 aliphatic rings. The second-order valence-electron chi connectivity index (χ2n) is 12.8. The number of likely N-dealkylation sites (tertiary alicyclic amines) is 1. The number of ether oxygens (including phenoxy) is 2. The van der Waals surface area contributed by atoms with Crippen LogP contribution in [-0.4, -0.2) is 123 Å². The van der Waals surface area contributed by atoms with Crippen LogP contribution >= 0.6 is 11.3 Å². The number of amides is 2. The number of nitrogens with zero attached hydrogens (tertiary/aromatic N) is 4. The Bertz CT molecular complexity index is 1290. The van der Waals surface area contributed by atoms with Crippen molar-refractivity contribution in [3.8, 4) is 11.3 Å². The van der Waals surface area contributed by atoms with E-state index in [4.69, 9.17) is 14.5 Å². The molecule has 11 nitrogen and oxygen atoms in total. The average molecular weight is 613 g/mol. The van der Waals surface area contributed by atoms with Crippen molar-refractivity contribution in [2.24, 2.45) is 5.41 Å². The Morgan fingerprint density at radius 1 is 1.16 bits per heavy atom. The van der Waals surface area contributed by atoms with Gasteiger partial charge in [-0.15, -0.1) is 11.3 Å². The molecule has 0 unspecified atom stereocenters. The van der Waals surface area contributed by atoms with E-state index in [0.29, 0.717) is 18.5 Å². The number of rotatable bonds is 10. The van der Waals surface area contributed by atoms with Gasteiger partial charge in [0.1, 0.15) is 24.8 Å². The molecule has 1 aromatic carbocycles. The summed E-state index contributed by atoms with van der Waals surface area (Å²) in [6.45, 7) is 12.0. The Morgan fingerprint density at radius 2 is 1.88 bits per heavy atom. The van der Waals surface area contributed by atoms with E-state index in [-0.39, 0.29) is 41.8 Å². The van der Waals surface area contributed by atoms with Crippen molar-refractivity contribution in [1.29, 1.82) is 0 Å². The molecule has 4 atom stereocenters. The zero-order valence-electron chi connectivity index (χ0n) is 25.8. The topological polar surface area (TPSA) is 116 Å². The SMILES string of the molecule is CN[C@H]1CN(C(=O)[C@H](CC(C)(C)C)NC(=O)c2ccc(-c3csc(N4CCN(CCOC)CC4)n3)cc2)[C@@H]2C(=O)CO[C@@H]12. The molecule has 4 heterocycles. The molecule has 2 aromatic rings. The highest BCUT2D eigenvalue weighted by Gasteiger charge is 2.53. The number of benzene rings is 1. The first kappa shape index (κ1) is 31.5. The molecule has 0 radical (unpaired) electrons. The number of nitrogens with one attached hydrogen (secondary N) is 2. The summed E-state index contributed by atoms with van der Waals surface area (Å²) in [6.07, 6.45) is 0.0714. The first-order valence-corrected chi connectivity index (χ1v) is 15.9. The first-order valence-electron chi connectivity index (χ1n) is 15.0. The van der Waals surface area contributed by atoms with Crippen LogP contribution in [0.25, 0.3) is 11.3 Å². The molecular weight excluding hydrogens is 568 g/mol. The molecule has 3 saturated heterocycles. The fraction of sp³-hybridized carbons (Fsp3) is 0.613. The standard InChI is InChI=1S/C31H44N6O5S/c1-31(2,3)16-22(29(40)37-17-23(32-4)27-26(37)25(38)18-42-27)33-28(39)21-8-6-20(7-9-21)24-19-43-30(34-24)36-12-10-35(11-13-36)14-15-41-5/h6-9,19,22-23,26-27,32H,10-18H2,1-5H3,(H,33,39)/t22-,23-,26+,27-/m0/s1. The second kappa shape index (κ2) is 13.4. The average Bonchev–Trinajstić information content (AvgIpc) is 3.72. The lowest BCUT2D eigenvalue weighted by molar-refractivity contribution is -0.138. The first-order chi connectivity index (χ1) is 20.6. The molecule has 12 heteroatoms. The number of ketones is 1. The Balaban J connectivity index is 1.24. The van der Waals surface area contributed by atoms with Crippen LogP contribution in [-0.2, 0) is 19.1 Å². The molecule has 3 fully saturated rings. The van der Waals surface area contributed by atoms with Crippen molar-refractivity contribution in [2.75, 3.05) is 71.5 Å². The van der Waals surface area contributed by atoms with E-state index < -0.39 is 12.1 Å². The lowest BCUT2D eigenvalue weighted by atomic mass is 9.87. The molecule has 2 N–H and O–H groups in total. The lowest BCUT2D eigenvalue weighted by Gasteiger charge is -2.34. The maximum Gasteiger partial charge on any atom is 0.251 e. The van der Waals surface area contributed by atoms with Crippen LogP contribution in [0.1, 0.15) is 37.6 Å². The molecule has 1 aromatic heterocycles. The number of fused-ring (bicyclic) bond motifs is 1. The monoisotopic (exact) mass is 612 g/mol. The van der Waals surface area contributed by atoms with Gasteiger partial charge in [0.2, 0.25) is 5.91 Å². The van der Waals surface area contributed by atoms with Gasteiger partial charge in [-0.2, -0.15) is 0 Å². The van der Waals surface area contributed by atoms with Gasteiger partial charge in [-0.25, -0.2) is 4.98 Å². The summed E-state index contributed by atoms with van der Waals surface area (Å²) >= 11 is 1.63. The minimum absolute atomic E-state index is 0.00589. The molecule has 0 spiro atoms. The Labute approximate surface area is 257 Å². The van der Waals surface area contributed by atoms with Crippen LogP contribution in [0.15, 0.2) is 29.6 Å². The summed E-state index contributed by atoms with van der Waals surface area (Å²) in [6, 6.07) is 5.82. The van der Waals surface area contributed by atoms with Crippen LogP contribution in [0, 0.1) is 5.41 Å². The van der Waals surface area contributed by atoms with Gasteiger partial charge in [-0.05, 0) is 31.0 Å². The highest BCUT2D eigenvalue weighted by molar-refractivity contribution is 7.14. The zero-order valence-corrected chi connectivity index (χ0v) is 26.6. The summed E-state index contributed by atoms with van der Waals surface area (Å²) in [7, 11) is 3.54. The number of Topliss-reactive ketones (excluding diaryl/α,β-unsaturated/α-hetero) is 1. The highest BCUT2D eigenvalue weighted by atomic mass is 32.1. The van der Waals surface area contributed by atoms with E-state index in [1.165, 1.54) is 0 Å². The number of carbonyl (C=O) groups excluding carboxylic acids is 3. The molecule has 0 saturated carbocycles. The molecule has 2 amide bonds. The van der Waals surface area contributed by atoms with Crippen molar-refractivity contribution < 1.29 is 23.9 Å². The second-order valence-corrected chi connectivity index (χ2v) is 13.6. The molecule has 5 rings (SSSR count). The highest BCUT2D eigenvalue weighted by Crippen LogP contribution is 2.31. The lowest BCUT2D eigenvalue weighted by Crippen LogP contribution is -2.53. The third kappa shape index (κ3) is 7.26. The number of carbonyl (C=O) groups is 3. The Morgan fingerprint density at radius 3 is 2.53 bits per heavy atom. The fourth-order valence-electron chi connectivity index (χ4n) is 6.11. The number of aromatic nitrogens is 1. The number of anilines is 1. The Kier molecular flexibility index (Phi) is 9.82. The van der Waals surface area contributed by atoms with Crippen LogP contribution in [0.2, 0.25) is 0 Å². The van der Waals surface area contributed by atoms with Gasteiger partial charge in [0.05, 0.1) is 18.3 Å². The Hall–Kier alpha value is -2.90. The van der Waals surface area contributed by atoms with Crippen molar-refractivity contribution >= 4 is 34.1 Å². The minimum Gasteiger partial charge on any atom is -0.383 e.